The number of ether oxygens (including phenoxy) is 1. The molecular weight excluding hydrogens is 176 g/mol. The number of hydrogen-bond donors (Lipinski definition) is 1. The Bertz CT molecular complexity index is 267. The second kappa shape index (κ2) is 3.74. The Morgan fingerprint density at radius 1 is 1.58 bits per heavy atom. The predicted octanol–water partition coefficient (Wildman–Crippen LogP) is 1.29. The molecule has 0 aliphatic carbocycles. The molecule has 3 nitrogen and oxygen atoms in total. The molecule has 1 aromatic rings. The summed E-state index contributed by atoms with van der Waals surface area (Å²) in [6, 6.07) is 3.95. The van der Waals surface area contributed by atoms with Gasteiger partial charge in [-0.25, -0.2) is 4.98 Å². The summed E-state index contributed by atoms with van der Waals surface area (Å²) in [7, 11) is 0. The molecule has 1 atom stereocenters. The van der Waals surface area contributed by atoms with Crippen molar-refractivity contribution in [2.75, 3.05) is 6.61 Å². The first-order chi connectivity index (χ1) is 5.38. The summed E-state index contributed by atoms with van der Waals surface area (Å²) < 4.78 is 5.30. The normalized spacial score (nSPS) is 20.2. The van der Waals surface area contributed by atoms with E-state index in [0.717, 1.165) is 12.0 Å². The molecule has 1 aromatic heterocycles. The van der Waals surface area contributed by atoms with E-state index >= 15 is 0 Å². The number of nitrogens with zero attached hydrogens (tertiary/aromatic N) is 1. The van der Waals surface area contributed by atoms with Crippen LogP contribution in [0.2, 0.25) is 0 Å². The number of hydrogen-bond acceptors (Lipinski definition) is 3. The maximum absolute atomic E-state index is 5.83. The van der Waals surface area contributed by atoms with Crippen molar-refractivity contribution in [1.29, 1.82) is 0 Å². The van der Waals surface area contributed by atoms with Crippen LogP contribution in [0.15, 0.2) is 18.3 Å². The van der Waals surface area contributed by atoms with Crippen LogP contribution in [0.5, 0.6) is 5.88 Å². The van der Waals surface area contributed by atoms with E-state index in [4.69, 9.17) is 10.5 Å². The molecule has 0 saturated carbocycles. The highest BCUT2D eigenvalue weighted by molar-refractivity contribution is 5.85. The molecule has 2 N–H and O–H groups in total. The third kappa shape index (κ3) is 1.52. The minimum atomic E-state index is 0. The van der Waals surface area contributed by atoms with Gasteiger partial charge < -0.3 is 10.5 Å². The molecule has 0 aromatic carbocycles. The van der Waals surface area contributed by atoms with Crippen LogP contribution >= 0.6 is 12.4 Å². The molecule has 4 heteroatoms. The highest BCUT2D eigenvalue weighted by Gasteiger charge is 2.17. The molecular formula is C8H11ClN2O. The minimum Gasteiger partial charge on any atom is -0.477 e. The van der Waals surface area contributed by atoms with Gasteiger partial charge in [0.25, 0.3) is 0 Å². The Kier molecular flexibility index (Phi) is 2.89. The first-order valence-electron chi connectivity index (χ1n) is 3.71. The van der Waals surface area contributed by atoms with E-state index in [0.29, 0.717) is 12.5 Å². The van der Waals surface area contributed by atoms with Gasteiger partial charge in [0.1, 0.15) is 0 Å². The first-order valence-corrected chi connectivity index (χ1v) is 3.71. The lowest BCUT2D eigenvalue weighted by atomic mass is 10.1. The Balaban J connectivity index is 0.000000720. The van der Waals surface area contributed by atoms with Crippen molar-refractivity contribution in [3.05, 3.63) is 23.9 Å². The summed E-state index contributed by atoms with van der Waals surface area (Å²) in [5.41, 5.74) is 6.85. The molecule has 0 fully saturated rings. The summed E-state index contributed by atoms with van der Waals surface area (Å²) in [5.74, 6) is 0.700. The number of fused-ring (bicyclic) bond motifs is 1. The Hall–Kier alpha value is -0.800. The smallest absolute Gasteiger partial charge is 0.218 e. The molecule has 1 aliphatic heterocycles. The van der Waals surface area contributed by atoms with Crippen molar-refractivity contribution in [2.24, 2.45) is 5.73 Å². The van der Waals surface area contributed by atoms with Gasteiger partial charge in [-0.05, 0) is 6.07 Å². The van der Waals surface area contributed by atoms with E-state index in [1.807, 2.05) is 12.1 Å². The maximum Gasteiger partial charge on any atom is 0.218 e. The fourth-order valence-electron chi connectivity index (χ4n) is 1.24. The van der Waals surface area contributed by atoms with Gasteiger partial charge in [-0.2, -0.15) is 0 Å². The maximum atomic E-state index is 5.83. The van der Waals surface area contributed by atoms with Gasteiger partial charge in [-0.3, -0.25) is 0 Å². The lowest BCUT2D eigenvalue weighted by Crippen LogP contribution is -2.20. The van der Waals surface area contributed by atoms with E-state index in [-0.39, 0.29) is 18.4 Å². The topological polar surface area (TPSA) is 48.1 Å². The van der Waals surface area contributed by atoms with Gasteiger partial charge in [-0.1, -0.05) is 6.07 Å². The summed E-state index contributed by atoms with van der Waals surface area (Å²) in [6.07, 6.45) is 2.61. The van der Waals surface area contributed by atoms with Crippen LogP contribution in [0, 0.1) is 0 Å². The molecule has 1 aliphatic rings. The van der Waals surface area contributed by atoms with E-state index in [1.165, 1.54) is 0 Å². The Morgan fingerprint density at radius 3 is 3.17 bits per heavy atom. The van der Waals surface area contributed by atoms with Crippen LogP contribution in [0.3, 0.4) is 0 Å². The highest BCUT2D eigenvalue weighted by Crippen LogP contribution is 2.27. The van der Waals surface area contributed by atoms with Gasteiger partial charge in [-0.15, -0.1) is 12.4 Å². The summed E-state index contributed by atoms with van der Waals surface area (Å²) >= 11 is 0. The predicted molar refractivity (Wildman–Crippen MR) is 48.5 cm³/mol. The zero-order valence-electron chi connectivity index (χ0n) is 6.56. The van der Waals surface area contributed by atoms with Crippen molar-refractivity contribution in [3.63, 3.8) is 0 Å². The van der Waals surface area contributed by atoms with Gasteiger partial charge in [0, 0.05) is 24.2 Å². The second-order valence-electron chi connectivity index (χ2n) is 2.64. The lowest BCUT2D eigenvalue weighted by Gasteiger charge is -2.20. The van der Waals surface area contributed by atoms with Gasteiger partial charge in [0.2, 0.25) is 5.88 Å². The van der Waals surface area contributed by atoms with Crippen LogP contribution in [0.4, 0.5) is 0 Å². The standard InChI is InChI=1S/C8H10N2O.ClH/c9-7-3-5-11-8-6(7)2-1-4-10-8;/h1-2,4,7H,3,5,9H2;1H. The average Bonchev–Trinajstić information content (AvgIpc) is 2.06. The molecule has 0 radical (unpaired) electrons. The molecule has 2 rings (SSSR count). The third-order valence-electron chi connectivity index (χ3n) is 1.87. The fraction of sp³-hybridized carbons (Fsp3) is 0.375. The number of pyridine rings is 1. The molecule has 0 saturated heterocycles. The summed E-state index contributed by atoms with van der Waals surface area (Å²) in [5, 5.41) is 0. The highest BCUT2D eigenvalue weighted by atomic mass is 35.5. The van der Waals surface area contributed by atoms with Crippen molar-refractivity contribution in [3.8, 4) is 5.88 Å². The van der Waals surface area contributed by atoms with Gasteiger partial charge >= 0.3 is 0 Å². The van der Waals surface area contributed by atoms with Crippen LogP contribution in [-0.2, 0) is 0 Å². The number of halogens is 1. The monoisotopic (exact) mass is 186 g/mol. The van der Waals surface area contributed by atoms with Gasteiger partial charge in [0.05, 0.1) is 6.61 Å². The SMILES string of the molecule is Cl.NC1CCOc2ncccc21. The van der Waals surface area contributed by atoms with Crippen molar-refractivity contribution in [1.82, 2.24) is 4.98 Å². The van der Waals surface area contributed by atoms with Gasteiger partial charge in [0.15, 0.2) is 0 Å². The quantitative estimate of drug-likeness (QED) is 0.664. The number of nitrogens with two attached hydrogens (primary N) is 1. The van der Waals surface area contributed by atoms with Crippen LogP contribution in [0.1, 0.15) is 18.0 Å². The van der Waals surface area contributed by atoms with Crippen LogP contribution in [-0.4, -0.2) is 11.6 Å². The zero-order valence-corrected chi connectivity index (χ0v) is 7.38. The molecule has 0 spiro atoms. The number of rotatable bonds is 0. The fourth-order valence-corrected chi connectivity index (χ4v) is 1.24. The molecule has 0 bridgehead atoms. The molecule has 0 amide bonds. The zero-order chi connectivity index (χ0) is 7.68. The Morgan fingerprint density at radius 2 is 2.42 bits per heavy atom. The summed E-state index contributed by atoms with van der Waals surface area (Å²) in [4.78, 5) is 4.07. The second-order valence-corrected chi connectivity index (χ2v) is 2.64. The number of aromatic nitrogens is 1. The third-order valence-corrected chi connectivity index (χ3v) is 1.87. The Labute approximate surface area is 77.3 Å². The van der Waals surface area contributed by atoms with E-state index in [2.05, 4.69) is 4.98 Å². The van der Waals surface area contributed by atoms with E-state index in [9.17, 15) is 0 Å². The summed E-state index contributed by atoms with van der Waals surface area (Å²) in [6.45, 7) is 0.686. The largest absolute Gasteiger partial charge is 0.477 e. The van der Waals surface area contributed by atoms with E-state index in [1.54, 1.807) is 6.20 Å². The minimum absolute atomic E-state index is 0. The van der Waals surface area contributed by atoms with Crippen molar-refractivity contribution >= 4 is 12.4 Å². The van der Waals surface area contributed by atoms with Crippen molar-refractivity contribution in [2.45, 2.75) is 12.5 Å². The lowest BCUT2D eigenvalue weighted by molar-refractivity contribution is 0.257. The van der Waals surface area contributed by atoms with E-state index < -0.39 is 0 Å². The molecule has 66 valence electrons. The van der Waals surface area contributed by atoms with Crippen molar-refractivity contribution < 1.29 is 4.74 Å². The van der Waals surface area contributed by atoms with Crippen LogP contribution < -0.4 is 10.5 Å². The van der Waals surface area contributed by atoms with Crippen LogP contribution in [0.25, 0.3) is 0 Å². The molecule has 12 heavy (non-hydrogen) atoms. The molecule has 1 unspecified atom stereocenters. The first kappa shape index (κ1) is 9.29. The molecule has 2 heterocycles. The average molecular weight is 187 g/mol.